The largest absolute Gasteiger partial charge is 0.422 e. The number of benzene rings is 2. The Labute approximate surface area is 130 Å². The molecule has 4 rings (SSSR count). The molecule has 4 nitrogen and oxygen atoms in total. The molecule has 2 heterocycles. The summed E-state index contributed by atoms with van der Waals surface area (Å²) in [6.07, 6.45) is 0. The van der Waals surface area contributed by atoms with Crippen molar-refractivity contribution in [3.05, 3.63) is 69.7 Å². The van der Waals surface area contributed by atoms with Gasteiger partial charge in [-0.15, -0.1) is 0 Å². The Kier molecular flexibility index (Phi) is 2.81. The highest BCUT2D eigenvalue weighted by atomic mass is 35.5. The van der Waals surface area contributed by atoms with Crippen LogP contribution in [0.25, 0.3) is 27.6 Å². The molecule has 22 heavy (non-hydrogen) atoms. The van der Waals surface area contributed by atoms with Gasteiger partial charge < -0.3 is 4.42 Å². The second kappa shape index (κ2) is 4.71. The Bertz CT molecular complexity index is 1080. The number of nitrogens with zero attached hydrogens (tertiary/aromatic N) is 2. The maximum absolute atomic E-state index is 12.3. The molecule has 0 saturated heterocycles. The van der Waals surface area contributed by atoms with Crippen molar-refractivity contribution in [1.82, 2.24) is 9.78 Å². The third-order valence-electron chi connectivity index (χ3n) is 3.66. The molecule has 0 atom stereocenters. The normalized spacial score (nSPS) is 11.4. The van der Waals surface area contributed by atoms with Crippen molar-refractivity contribution in [1.29, 1.82) is 0 Å². The van der Waals surface area contributed by atoms with E-state index in [9.17, 15) is 4.79 Å². The molecule has 0 spiro atoms. The first-order chi connectivity index (χ1) is 10.6. The molecule has 0 saturated carbocycles. The van der Waals surface area contributed by atoms with E-state index in [2.05, 4.69) is 5.10 Å². The van der Waals surface area contributed by atoms with Gasteiger partial charge in [-0.05, 0) is 37.3 Å². The van der Waals surface area contributed by atoms with Crippen LogP contribution in [-0.4, -0.2) is 9.78 Å². The average Bonchev–Trinajstić information content (AvgIpc) is 2.86. The number of fused-ring (bicyclic) bond motifs is 3. The van der Waals surface area contributed by atoms with E-state index < -0.39 is 0 Å². The molecular weight excluding hydrogens is 300 g/mol. The van der Waals surface area contributed by atoms with Crippen molar-refractivity contribution in [3.63, 3.8) is 0 Å². The molecule has 0 unspecified atom stereocenters. The smallest absolute Gasteiger partial charge is 0.347 e. The maximum atomic E-state index is 12.3. The lowest BCUT2D eigenvalue weighted by Crippen LogP contribution is -2.01. The first kappa shape index (κ1) is 13.1. The summed E-state index contributed by atoms with van der Waals surface area (Å²) in [7, 11) is 0. The van der Waals surface area contributed by atoms with Crippen LogP contribution >= 0.6 is 11.6 Å². The molecule has 108 valence electrons. The van der Waals surface area contributed by atoms with Gasteiger partial charge in [-0.1, -0.05) is 29.8 Å². The van der Waals surface area contributed by atoms with Gasteiger partial charge in [-0.2, -0.15) is 5.10 Å². The van der Waals surface area contributed by atoms with Crippen LogP contribution in [-0.2, 0) is 0 Å². The zero-order valence-electron chi connectivity index (χ0n) is 11.7. The van der Waals surface area contributed by atoms with Crippen molar-refractivity contribution in [2.45, 2.75) is 6.92 Å². The number of rotatable bonds is 1. The van der Waals surface area contributed by atoms with Gasteiger partial charge in [0.05, 0.1) is 16.9 Å². The maximum Gasteiger partial charge on any atom is 0.347 e. The summed E-state index contributed by atoms with van der Waals surface area (Å²) in [6, 6.07) is 14.8. The molecule has 4 aromatic rings. The quantitative estimate of drug-likeness (QED) is 0.497. The lowest BCUT2D eigenvalue weighted by Gasteiger charge is -2.05. The first-order valence-corrected chi connectivity index (χ1v) is 7.20. The summed E-state index contributed by atoms with van der Waals surface area (Å²) in [5.74, 6) is 0. The molecule has 0 radical (unpaired) electrons. The van der Waals surface area contributed by atoms with Crippen LogP contribution in [0.3, 0.4) is 0 Å². The van der Waals surface area contributed by atoms with Crippen LogP contribution in [0.4, 0.5) is 0 Å². The molecule has 0 aliphatic rings. The van der Waals surface area contributed by atoms with Crippen molar-refractivity contribution in [2.75, 3.05) is 0 Å². The van der Waals surface area contributed by atoms with Gasteiger partial charge >= 0.3 is 5.63 Å². The summed E-state index contributed by atoms with van der Waals surface area (Å²) < 4.78 is 7.14. The van der Waals surface area contributed by atoms with E-state index in [0.29, 0.717) is 21.7 Å². The molecule has 0 aliphatic heterocycles. The number of aromatic nitrogens is 2. The minimum Gasteiger partial charge on any atom is -0.422 e. The van der Waals surface area contributed by atoms with E-state index in [4.69, 9.17) is 16.0 Å². The summed E-state index contributed by atoms with van der Waals surface area (Å²) in [4.78, 5) is 12.3. The third-order valence-corrected chi connectivity index (χ3v) is 3.90. The average molecular weight is 311 g/mol. The second-order valence-corrected chi connectivity index (χ2v) is 5.52. The Hall–Kier alpha value is -2.59. The van der Waals surface area contributed by atoms with E-state index >= 15 is 0 Å². The van der Waals surface area contributed by atoms with Crippen LogP contribution in [0.1, 0.15) is 5.69 Å². The summed E-state index contributed by atoms with van der Waals surface area (Å²) in [6.45, 7) is 1.80. The van der Waals surface area contributed by atoms with Gasteiger partial charge in [-0.25, -0.2) is 9.48 Å². The molecule has 5 heteroatoms. The third kappa shape index (κ3) is 1.84. The number of halogens is 1. The van der Waals surface area contributed by atoms with Gasteiger partial charge in [0.25, 0.3) is 0 Å². The Morgan fingerprint density at radius 3 is 2.77 bits per heavy atom. The van der Waals surface area contributed by atoms with Gasteiger partial charge in [0.15, 0.2) is 0 Å². The van der Waals surface area contributed by atoms with Crippen LogP contribution in [0.2, 0.25) is 5.02 Å². The standard InChI is InChI=1S/C17H11ClN2O2/c1-10-15-16(13-7-2-3-8-14(13)22-17(15)21)20(19-10)12-6-4-5-11(18)9-12/h2-9H,1H3. The molecule has 0 N–H and O–H groups in total. The minimum absolute atomic E-state index is 0.375. The zero-order chi connectivity index (χ0) is 15.3. The lowest BCUT2D eigenvalue weighted by molar-refractivity contribution is 0.569. The predicted molar refractivity (Wildman–Crippen MR) is 86.9 cm³/mol. The van der Waals surface area contributed by atoms with Crippen LogP contribution in [0.5, 0.6) is 0 Å². The van der Waals surface area contributed by atoms with Crippen molar-refractivity contribution >= 4 is 33.5 Å². The zero-order valence-corrected chi connectivity index (χ0v) is 12.5. The van der Waals surface area contributed by atoms with Crippen LogP contribution in [0, 0.1) is 6.92 Å². The number of para-hydroxylation sites is 1. The molecule has 2 aromatic heterocycles. The van der Waals surface area contributed by atoms with Gasteiger partial charge in [-0.3, -0.25) is 0 Å². The van der Waals surface area contributed by atoms with Gasteiger partial charge in [0, 0.05) is 10.4 Å². The first-order valence-electron chi connectivity index (χ1n) is 6.82. The Balaban J connectivity index is 2.23. The second-order valence-electron chi connectivity index (χ2n) is 5.09. The van der Waals surface area contributed by atoms with Crippen LogP contribution < -0.4 is 5.63 Å². The fourth-order valence-electron chi connectivity index (χ4n) is 2.72. The van der Waals surface area contributed by atoms with E-state index in [-0.39, 0.29) is 5.63 Å². The number of hydrogen-bond donors (Lipinski definition) is 0. The summed E-state index contributed by atoms with van der Waals surface area (Å²) >= 11 is 6.08. The lowest BCUT2D eigenvalue weighted by atomic mass is 10.1. The fraction of sp³-hybridized carbons (Fsp3) is 0.0588. The highest BCUT2D eigenvalue weighted by Crippen LogP contribution is 2.27. The van der Waals surface area contributed by atoms with E-state index in [0.717, 1.165) is 16.6 Å². The molecular formula is C17H11ClN2O2. The van der Waals surface area contributed by atoms with Crippen molar-refractivity contribution in [2.24, 2.45) is 0 Å². The Morgan fingerprint density at radius 1 is 1.14 bits per heavy atom. The summed E-state index contributed by atoms with van der Waals surface area (Å²) in [5.41, 5.74) is 2.35. The fourth-order valence-corrected chi connectivity index (χ4v) is 2.90. The molecule has 0 amide bonds. The van der Waals surface area contributed by atoms with Crippen LogP contribution in [0.15, 0.2) is 57.7 Å². The van der Waals surface area contributed by atoms with Crippen molar-refractivity contribution in [3.8, 4) is 5.69 Å². The molecule has 0 bridgehead atoms. The number of hydrogen-bond acceptors (Lipinski definition) is 3. The van der Waals surface area contributed by atoms with Gasteiger partial charge in [0.2, 0.25) is 0 Å². The monoisotopic (exact) mass is 310 g/mol. The SMILES string of the molecule is Cc1nn(-c2cccc(Cl)c2)c2c1c(=O)oc1ccccc12. The van der Waals surface area contributed by atoms with Crippen molar-refractivity contribution < 1.29 is 4.42 Å². The number of aryl methyl sites for hydroxylation is 1. The minimum atomic E-state index is -0.375. The molecule has 0 aliphatic carbocycles. The topological polar surface area (TPSA) is 48.0 Å². The van der Waals surface area contributed by atoms with Gasteiger partial charge in [0.1, 0.15) is 11.0 Å². The molecule has 0 fully saturated rings. The Morgan fingerprint density at radius 2 is 1.95 bits per heavy atom. The molecule has 2 aromatic carbocycles. The van der Waals surface area contributed by atoms with E-state index in [1.165, 1.54) is 0 Å². The van der Waals surface area contributed by atoms with E-state index in [1.54, 1.807) is 23.7 Å². The van der Waals surface area contributed by atoms with E-state index in [1.807, 2.05) is 36.4 Å². The summed E-state index contributed by atoms with van der Waals surface area (Å²) in [5, 5.41) is 6.47. The predicted octanol–water partition coefficient (Wildman–Crippen LogP) is 4.09. The highest BCUT2D eigenvalue weighted by molar-refractivity contribution is 6.30. The highest BCUT2D eigenvalue weighted by Gasteiger charge is 2.17.